The molecule has 1 aliphatic heterocycles. The number of nitrogens with zero attached hydrogens (tertiary/aromatic N) is 2. The number of hydrogen-bond acceptors (Lipinski definition) is 3. The van der Waals surface area contributed by atoms with Crippen LogP contribution in [0.25, 0.3) is 11.3 Å². The first-order chi connectivity index (χ1) is 10.6. The summed E-state index contributed by atoms with van der Waals surface area (Å²) in [5.74, 6) is 0.0414. The van der Waals surface area contributed by atoms with Crippen LogP contribution in [0.4, 0.5) is 0 Å². The molecule has 1 aliphatic rings. The molecule has 1 aromatic carbocycles. The zero-order chi connectivity index (χ0) is 15.5. The van der Waals surface area contributed by atoms with E-state index >= 15 is 0 Å². The number of halogens is 2. The number of amides is 1. The summed E-state index contributed by atoms with van der Waals surface area (Å²) < 4.78 is 0. The van der Waals surface area contributed by atoms with E-state index in [0.717, 1.165) is 36.3 Å². The lowest BCUT2D eigenvalue weighted by atomic mass is 10.0. The van der Waals surface area contributed by atoms with Crippen LogP contribution in [0, 0.1) is 6.92 Å². The van der Waals surface area contributed by atoms with Gasteiger partial charge < -0.3 is 10.6 Å². The van der Waals surface area contributed by atoms with E-state index in [2.05, 4.69) is 4.98 Å². The van der Waals surface area contributed by atoms with Crippen LogP contribution in [0.15, 0.2) is 42.5 Å². The predicted molar refractivity (Wildman–Crippen MR) is 102 cm³/mol. The van der Waals surface area contributed by atoms with E-state index in [0.29, 0.717) is 12.1 Å². The van der Waals surface area contributed by atoms with Crippen LogP contribution in [-0.4, -0.2) is 34.9 Å². The molecule has 6 heteroatoms. The number of likely N-dealkylation sites (tertiary alicyclic amines) is 1. The average Bonchev–Trinajstić information content (AvgIpc) is 2.55. The summed E-state index contributed by atoms with van der Waals surface area (Å²) in [5.41, 5.74) is 9.37. The highest BCUT2D eigenvalue weighted by atomic mass is 35.5. The molecule has 1 unspecified atom stereocenters. The number of rotatable bonds is 2. The molecule has 3 rings (SSSR count). The molecular formula is C18H23Cl2N3O. The second-order valence-electron chi connectivity index (χ2n) is 5.85. The molecule has 1 saturated heterocycles. The zero-order valence-corrected chi connectivity index (χ0v) is 15.3. The summed E-state index contributed by atoms with van der Waals surface area (Å²) in [5, 5.41) is 0. The van der Waals surface area contributed by atoms with Crippen LogP contribution < -0.4 is 5.73 Å². The van der Waals surface area contributed by atoms with Gasteiger partial charge in [-0.1, -0.05) is 30.3 Å². The standard InChI is InChI=1S/C18H21N3O.2ClH/c1-13-16(18(22)21-11-5-8-15(19)12-21)9-10-17(20-13)14-6-3-2-4-7-14;;/h2-4,6-7,9-10,15H,5,8,11-12,19H2,1H3;2*1H. The van der Waals surface area contributed by atoms with Crippen LogP contribution in [0.1, 0.15) is 28.9 Å². The monoisotopic (exact) mass is 367 g/mol. The predicted octanol–water partition coefficient (Wildman–Crippen LogP) is 3.46. The lowest BCUT2D eigenvalue weighted by Gasteiger charge is -2.31. The maximum Gasteiger partial charge on any atom is 0.255 e. The van der Waals surface area contributed by atoms with Crippen LogP contribution in [-0.2, 0) is 0 Å². The Bertz CT molecular complexity index is 679. The molecule has 24 heavy (non-hydrogen) atoms. The molecule has 0 saturated carbocycles. The Morgan fingerprint density at radius 3 is 2.50 bits per heavy atom. The molecule has 1 aromatic heterocycles. The second-order valence-corrected chi connectivity index (χ2v) is 5.85. The number of benzene rings is 1. The average molecular weight is 368 g/mol. The van der Waals surface area contributed by atoms with Gasteiger partial charge in [0.1, 0.15) is 0 Å². The Morgan fingerprint density at radius 1 is 1.17 bits per heavy atom. The van der Waals surface area contributed by atoms with Gasteiger partial charge in [-0.2, -0.15) is 0 Å². The molecule has 2 heterocycles. The van der Waals surface area contributed by atoms with Gasteiger partial charge in [0.2, 0.25) is 0 Å². The van der Waals surface area contributed by atoms with Crippen molar-refractivity contribution < 1.29 is 4.79 Å². The fourth-order valence-corrected chi connectivity index (χ4v) is 2.92. The number of aryl methyl sites for hydroxylation is 1. The zero-order valence-electron chi connectivity index (χ0n) is 13.6. The first kappa shape index (κ1) is 20.4. The van der Waals surface area contributed by atoms with Crippen molar-refractivity contribution in [1.82, 2.24) is 9.88 Å². The molecule has 1 atom stereocenters. The molecule has 1 amide bonds. The number of carbonyl (C=O) groups excluding carboxylic acids is 1. The lowest BCUT2D eigenvalue weighted by Crippen LogP contribution is -2.45. The van der Waals surface area contributed by atoms with Crippen molar-refractivity contribution >= 4 is 30.7 Å². The molecule has 0 bridgehead atoms. The Hall–Kier alpha value is -1.62. The maximum atomic E-state index is 12.6. The van der Waals surface area contributed by atoms with Crippen molar-refractivity contribution in [3.63, 3.8) is 0 Å². The van der Waals surface area contributed by atoms with Crippen molar-refractivity contribution in [2.75, 3.05) is 13.1 Å². The topological polar surface area (TPSA) is 59.2 Å². The van der Waals surface area contributed by atoms with Gasteiger partial charge in [-0.25, -0.2) is 0 Å². The summed E-state index contributed by atoms with van der Waals surface area (Å²) in [6.07, 6.45) is 1.97. The summed E-state index contributed by atoms with van der Waals surface area (Å²) in [4.78, 5) is 19.1. The summed E-state index contributed by atoms with van der Waals surface area (Å²) >= 11 is 0. The molecular weight excluding hydrogens is 345 g/mol. The SMILES string of the molecule is Cc1nc(-c2ccccc2)ccc1C(=O)N1CCCC(N)C1.Cl.Cl. The normalized spacial score (nSPS) is 16.8. The second kappa shape index (κ2) is 9.02. The quantitative estimate of drug-likeness (QED) is 0.883. The number of hydrogen-bond donors (Lipinski definition) is 1. The number of aromatic nitrogens is 1. The van der Waals surface area contributed by atoms with Crippen molar-refractivity contribution in [2.24, 2.45) is 5.73 Å². The number of pyridine rings is 1. The van der Waals surface area contributed by atoms with E-state index < -0.39 is 0 Å². The Labute approximate surface area is 155 Å². The van der Waals surface area contributed by atoms with Crippen molar-refractivity contribution in [1.29, 1.82) is 0 Å². The molecule has 0 aliphatic carbocycles. The molecule has 0 radical (unpaired) electrons. The summed E-state index contributed by atoms with van der Waals surface area (Å²) in [7, 11) is 0. The minimum absolute atomic E-state index is 0. The molecule has 4 nitrogen and oxygen atoms in total. The van der Waals surface area contributed by atoms with Crippen molar-refractivity contribution in [3.05, 3.63) is 53.7 Å². The van der Waals surface area contributed by atoms with E-state index in [-0.39, 0.29) is 36.8 Å². The first-order valence-electron chi connectivity index (χ1n) is 7.73. The summed E-state index contributed by atoms with van der Waals surface area (Å²) in [6, 6.07) is 13.9. The van der Waals surface area contributed by atoms with Gasteiger partial charge in [0.25, 0.3) is 5.91 Å². The Balaban J connectivity index is 0.00000144. The third kappa shape index (κ3) is 4.47. The molecule has 130 valence electrons. The number of nitrogens with two attached hydrogens (primary N) is 1. The van der Waals surface area contributed by atoms with Gasteiger partial charge in [0.05, 0.1) is 17.0 Å². The Kier molecular flexibility index (Phi) is 7.67. The highest BCUT2D eigenvalue weighted by Crippen LogP contribution is 2.20. The Morgan fingerprint density at radius 2 is 1.88 bits per heavy atom. The van der Waals surface area contributed by atoms with Gasteiger partial charge >= 0.3 is 0 Å². The van der Waals surface area contributed by atoms with Crippen LogP contribution in [0.5, 0.6) is 0 Å². The first-order valence-corrected chi connectivity index (χ1v) is 7.73. The van der Waals surface area contributed by atoms with Crippen LogP contribution in [0.3, 0.4) is 0 Å². The largest absolute Gasteiger partial charge is 0.337 e. The lowest BCUT2D eigenvalue weighted by molar-refractivity contribution is 0.0707. The minimum Gasteiger partial charge on any atom is -0.337 e. The number of piperidine rings is 1. The van der Waals surface area contributed by atoms with Gasteiger partial charge in [-0.3, -0.25) is 9.78 Å². The molecule has 1 fully saturated rings. The fraction of sp³-hybridized carbons (Fsp3) is 0.333. The van der Waals surface area contributed by atoms with E-state index in [1.807, 2.05) is 54.3 Å². The minimum atomic E-state index is 0. The molecule has 0 spiro atoms. The van der Waals surface area contributed by atoms with Gasteiger partial charge in [-0.05, 0) is 31.9 Å². The highest BCUT2D eigenvalue weighted by molar-refractivity contribution is 5.95. The number of carbonyl (C=O) groups is 1. The van der Waals surface area contributed by atoms with E-state index in [1.54, 1.807) is 0 Å². The maximum absolute atomic E-state index is 12.6. The highest BCUT2D eigenvalue weighted by Gasteiger charge is 2.23. The third-order valence-corrected chi connectivity index (χ3v) is 4.13. The van der Waals surface area contributed by atoms with E-state index in [1.165, 1.54) is 0 Å². The van der Waals surface area contributed by atoms with E-state index in [4.69, 9.17) is 5.73 Å². The van der Waals surface area contributed by atoms with Gasteiger partial charge in [0, 0.05) is 24.7 Å². The van der Waals surface area contributed by atoms with Crippen molar-refractivity contribution in [3.8, 4) is 11.3 Å². The van der Waals surface area contributed by atoms with Crippen LogP contribution >= 0.6 is 24.8 Å². The van der Waals surface area contributed by atoms with Crippen LogP contribution in [0.2, 0.25) is 0 Å². The van der Waals surface area contributed by atoms with E-state index in [9.17, 15) is 4.79 Å². The summed E-state index contributed by atoms with van der Waals surface area (Å²) in [6.45, 7) is 3.31. The molecule has 2 aromatic rings. The van der Waals surface area contributed by atoms with Gasteiger partial charge in [0.15, 0.2) is 0 Å². The molecule has 2 N–H and O–H groups in total. The fourth-order valence-electron chi connectivity index (χ4n) is 2.92. The smallest absolute Gasteiger partial charge is 0.255 e. The third-order valence-electron chi connectivity index (χ3n) is 4.13. The van der Waals surface area contributed by atoms with Crippen molar-refractivity contribution in [2.45, 2.75) is 25.8 Å². The van der Waals surface area contributed by atoms with Gasteiger partial charge in [-0.15, -0.1) is 24.8 Å².